The van der Waals surface area contributed by atoms with E-state index in [0.717, 1.165) is 38.5 Å². The van der Waals surface area contributed by atoms with Gasteiger partial charge in [0, 0.05) is 25.1 Å². The molecule has 4 heteroatoms. The first-order chi connectivity index (χ1) is 13.7. The van der Waals surface area contributed by atoms with Crippen LogP contribution in [0.15, 0.2) is 47.3 Å². The molecular weight excluding hydrogens is 348 g/mol. The smallest absolute Gasteiger partial charge is 0.220 e. The van der Waals surface area contributed by atoms with E-state index in [9.17, 15) is 4.79 Å². The highest BCUT2D eigenvalue weighted by molar-refractivity contribution is 5.77. The van der Waals surface area contributed by atoms with Crippen LogP contribution in [0.5, 0.6) is 0 Å². The fourth-order valence-corrected chi connectivity index (χ4v) is 5.34. The van der Waals surface area contributed by atoms with Gasteiger partial charge in [-0.05, 0) is 79.6 Å². The van der Waals surface area contributed by atoms with Gasteiger partial charge in [-0.1, -0.05) is 24.3 Å². The SMILES string of the molecule is O=C(C[C@@H]1CC2(CCN(Cc3ccoc3)CC2)c2ccccc21)NCC1CC1. The van der Waals surface area contributed by atoms with Crippen LogP contribution in [0.2, 0.25) is 0 Å². The van der Waals surface area contributed by atoms with Crippen molar-refractivity contribution >= 4 is 5.91 Å². The van der Waals surface area contributed by atoms with Crippen molar-refractivity contribution in [2.45, 2.75) is 56.4 Å². The molecule has 0 unspecified atom stereocenters. The molecule has 3 aliphatic rings. The molecule has 2 fully saturated rings. The minimum atomic E-state index is 0.237. The second kappa shape index (κ2) is 7.40. The lowest BCUT2D eigenvalue weighted by atomic mass is 9.73. The summed E-state index contributed by atoms with van der Waals surface area (Å²) in [5, 5.41) is 3.17. The number of piperidine rings is 1. The number of hydrogen-bond acceptors (Lipinski definition) is 3. The Morgan fingerprint density at radius 1 is 1.18 bits per heavy atom. The molecule has 4 nitrogen and oxygen atoms in total. The van der Waals surface area contributed by atoms with Gasteiger partial charge in [-0.2, -0.15) is 0 Å². The van der Waals surface area contributed by atoms with Crippen LogP contribution in [0, 0.1) is 5.92 Å². The van der Waals surface area contributed by atoms with Gasteiger partial charge in [0.2, 0.25) is 5.91 Å². The first kappa shape index (κ1) is 18.0. The van der Waals surface area contributed by atoms with Crippen molar-refractivity contribution in [1.82, 2.24) is 10.2 Å². The van der Waals surface area contributed by atoms with Crippen LogP contribution in [0.4, 0.5) is 0 Å². The number of carbonyl (C=O) groups is 1. The molecular formula is C24H30N2O2. The van der Waals surface area contributed by atoms with Crippen LogP contribution in [-0.2, 0) is 16.8 Å². The van der Waals surface area contributed by atoms with Crippen molar-refractivity contribution in [2.75, 3.05) is 19.6 Å². The first-order valence-corrected chi connectivity index (χ1v) is 10.8. The number of furan rings is 1. The van der Waals surface area contributed by atoms with Gasteiger partial charge in [0.15, 0.2) is 0 Å². The van der Waals surface area contributed by atoms with Crippen LogP contribution in [0.3, 0.4) is 0 Å². The van der Waals surface area contributed by atoms with Gasteiger partial charge in [0.05, 0.1) is 12.5 Å². The minimum absolute atomic E-state index is 0.237. The number of benzene rings is 1. The third-order valence-electron chi connectivity index (χ3n) is 7.13. The van der Waals surface area contributed by atoms with Gasteiger partial charge in [-0.3, -0.25) is 9.69 Å². The molecule has 1 N–H and O–H groups in total. The number of nitrogens with zero attached hydrogens (tertiary/aromatic N) is 1. The predicted octanol–water partition coefficient (Wildman–Crippen LogP) is 4.22. The van der Waals surface area contributed by atoms with Crippen LogP contribution in [-0.4, -0.2) is 30.4 Å². The van der Waals surface area contributed by atoms with E-state index in [1.54, 1.807) is 6.26 Å². The molecule has 1 saturated carbocycles. The largest absolute Gasteiger partial charge is 0.472 e. The molecule has 1 amide bonds. The number of fused-ring (bicyclic) bond motifs is 2. The number of carbonyl (C=O) groups excluding carboxylic acids is 1. The Morgan fingerprint density at radius 2 is 2.00 bits per heavy atom. The van der Waals surface area contributed by atoms with Crippen molar-refractivity contribution < 1.29 is 9.21 Å². The van der Waals surface area contributed by atoms with Crippen molar-refractivity contribution in [3.8, 4) is 0 Å². The third-order valence-corrected chi connectivity index (χ3v) is 7.13. The number of amides is 1. The Balaban J connectivity index is 1.26. The summed E-state index contributed by atoms with van der Waals surface area (Å²) in [5.74, 6) is 1.35. The maximum atomic E-state index is 12.5. The molecule has 5 rings (SSSR count). The first-order valence-electron chi connectivity index (χ1n) is 10.8. The average molecular weight is 379 g/mol. The Kier molecular flexibility index (Phi) is 4.75. The zero-order valence-corrected chi connectivity index (χ0v) is 16.5. The summed E-state index contributed by atoms with van der Waals surface area (Å²) in [6.07, 6.45) is 10.3. The van der Waals surface area contributed by atoms with E-state index >= 15 is 0 Å². The molecule has 148 valence electrons. The minimum Gasteiger partial charge on any atom is -0.472 e. The van der Waals surface area contributed by atoms with Crippen LogP contribution in [0.1, 0.15) is 61.1 Å². The molecule has 1 aliphatic heterocycles. The summed E-state index contributed by atoms with van der Waals surface area (Å²) in [7, 11) is 0. The van der Waals surface area contributed by atoms with Gasteiger partial charge < -0.3 is 9.73 Å². The van der Waals surface area contributed by atoms with E-state index in [1.807, 2.05) is 6.26 Å². The van der Waals surface area contributed by atoms with Gasteiger partial charge in [-0.25, -0.2) is 0 Å². The molecule has 1 saturated heterocycles. The van der Waals surface area contributed by atoms with Crippen LogP contribution in [0.25, 0.3) is 0 Å². The Bertz CT molecular complexity index is 817. The third kappa shape index (κ3) is 3.62. The molecule has 0 radical (unpaired) electrons. The fraction of sp³-hybridized carbons (Fsp3) is 0.542. The number of likely N-dealkylation sites (tertiary alicyclic amines) is 1. The quantitative estimate of drug-likeness (QED) is 0.819. The highest BCUT2D eigenvalue weighted by Crippen LogP contribution is 2.52. The van der Waals surface area contributed by atoms with Crippen molar-refractivity contribution in [1.29, 1.82) is 0 Å². The van der Waals surface area contributed by atoms with E-state index in [1.165, 1.54) is 42.4 Å². The second-order valence-electron chi connectivity index (χ2n) is 9.13. The summed E-state index contributed by atoms with van der Waals surface area (Å²) in [6.45, 7) is 4.07. The van der Waals surface area contributed by atoms with Crippen LogP contribution < -0.4 is 5.32 Å². The normalized spacial score (nSPS) is 23.6. The van der Waals surface area contributed by atoms with Gasteiger partial charge >= 0.3 is 0 Å². The standard InChI is InChI=1S/C24H30N2O2/c27-23(25-15-18-5-6-18)13-20-14-24(22-4-2-1-3-21(20)22)8-10-26(11-9-24)16-19-7-12-28-17-19/h1-4,7,12,17-18,20H,5-6,8-11,13-16H2,(H,25,27)/t20-/m1/s1. The number of hydrogen-bond donors (Lipinski definition) is 1. The van der Waals surface area contributed by atoms with Gasteiger partial charge in [0.1, 0.15) is 0 Å². The molecule has 0 bridgehead atoms. The van der Waals surface area contributed by atoms with Crippen molar-refractivity contribution in [3.63, 3.8) is 0 Å². The maximum Gasteiger partial charge on any atom is 0.220 e. The van der Waals surface area contributed by atoms with Crippen molar-refractivity contribution in [3.05, 3.63) is 59.5 Å². The lowest BCUT2D eigenvalue weighted by Gasteiger charge is -2.40. The van der Waals surface area contributed by atoms with Crippen molar-refractivity contribution in [2.24, 2.45) is 5.92 Å². The summed E-state index contributed by atoms with van der Waals surface area (Å²) in [5.41, 5.74) is 4.45. The zero-order chi connectivity index (χ0) is 19.0. The number of nitrogens with one attached hydrogen (secondary N) is 1. The monoisotopic (exact) mass is 378 g/mol. The molecule has 1 aromatic heterocycles. The Labute approximate surface area is 167 Å². The summed E-state index contributed by atoms with van der Waals surface area (Å²) < 4.78 is 5.22. The summed E-state index contributed by atoms with van der Waals surface area (Å²) in [6, 6.07) is 11.0. The molecule has 2 aromatic rings. The summed E-state index contributed by atoms with van der Waals surface area (Å²) in [4.78, 5) is 15.0. The van der Waals surface area contributed by atoms with Crippen LogP contribution >= 0.6 is 0 Å². The molecule has 1 atom stereocenters. The van der Waals surface area contributed by atoms with E-state index in [4.69, 9.17) is 4.42 Å². The Morgan fingerprint density at radius 3 is 2.75 bits per heavy atom. The lowest BCUT2D eigenvalue weighted by Crippen LogP contribution is -2.41. The molecule has 28 heavy (non-hydrogen) atoms. The second-order valence-corrected chi connectivity index (χ2v) is 9.13. The van der Waals surface area contributed by atoms with E-state index < -0.39 is 0 Å². The molecule has 1 aromatic carbocycles. The predicted molar refractivity (Wildman–Crippen MR) is 109 cm³/mol. The fourth-order valence-electron chi connectivity index (χ4n) is 5.34. The molecule has 1 spiro atoms. The highest BCUT2D eigenvalue weighted by atomic mass is 16.3. The Hall–Kier alpha value is -2.07. The van der Waals surface area contributed by atoms with Gasteiger partial charge in [0.25, 0.3) is 0 Å². The molecule has 2 heterocycles. The number of rotatable bonds is 6. The summed E-state index contributed by atoms with van der Waals surface area (Å²) >= 11 is 0. The van der Waals surface area contributed by atoms with E-state index in [-0.39, 0.29) is 11.3 Å². The molecule has 2 aliphatic carbocycles. The maximum absolute atomic E-state index is 12.5. The van der Waals surface area contributed by atoms with E-state index in [0.29, 0.717) is 12.3 Å². The van der Waals surface area contributed by atoms with Gasteiger partial charge in [-0.15, -0.1) is 0 Å². The average Bonchev–Trinajstić information content (AvgIpc) is 3.33. The highest BCUT2D eigenvalue weighted by Gasteiger charge is 2.45. The zero-order valence-electron chi connectivity index (χ0n) is 16.5. The lowest BCUT2D eigenvalue weighted by molar-refractivity contribution is -0.121. The topological polar surface area (TPSA) is 45.5 Å². The van der Waals surface area contributed by atoms with E-state index in [2.05, 4.69) is 40.5 Å².